The lowest BCUT2D eigenvalue weighted by molar-refractivity contribution is -0.127. The number of halogens is 1. The van der Waals surface area contributed by atoms with Gasteiger partial charge < -0.3 is 19.5 Å². The summed E-state index contributed by atoms with van der Waals surface area (Å²) in [6, 6.07) is 12.8. The first-order chi connectivity index (χ1) is 15.0. The first-order valence-corrected chi connectivity index (χ1v) is 10.6. The normalized spacial score (nSPS) is 12.2. The van der Waals surface area contributed by atoms with Gasteiger partial charge in [0.15, 0.2) is 6.10 Å². The van der Waals surface area contributed by atoms with E-state index in [-0.39, 0.29) is 5.91 Å². The maximum absolute atomic E-state index is 12.5. The van der Waals surface area contributed by atoms with Crippen LogP contribution in [0.15, 0.2) is 57.9 Å². The molecule has 2 aromatic carbocycles. The van der Waals surface area contributed by atoms with Gasteiger partial charge in [-0.3, -0.25) is 4.79 Å². The summed E-state index contributed by atoms with van der Waals surface area (Å²) in [4.78, 5) is 27.5. The number of hydrogen-bond acceptors (Lipinski definition) is 4. The van der Waals surface area contributed by atoms with E-state index in [9.17, 15) is 9.59 Å². The van der Waals surface area contributed by atoms with Gasteiger partial charge in [0, 0.05) is 41.2 Å². The van der Waals surface area contributed by atoms with Crippen LogP contribution in [0.4, 0.5) is 0 Å². The highest BCUT2D eigenvalue weighted by atomic mass is 35.5. The van der Waals surface area contributed by atoms with E-state index < -0.39 is 11.7 Å². The molecule has 6 nitrogen and oxygen atoms in total. The van der Waals surface area contributed by atoms with Crippen molar-refractivity contribution in [2.75, 3.05) is 6.54 Å². The first-order valence-electron chi connectivity index (χ1n) is 10.2. The maximum Gasteiger partial charge on any atom is 0.336 e. The van der Waals surface area contributed by atoms with Crippen LogP contribution in [0.5, 0.6) is 5.75 Å². The van der Waals surface area contributed by atoms with E-state index in [0.29, 0.717) is 35.7 Å². The lowest BCUT2D eigenvalue weighted by Gasteiger charge is -2.16. The lowest BCUT2D eigenvalue weighted by atomic mass is 10.1. The summed E-state index contributed by atoms with van der Waals surface area (Å²) in [6.07, 6.45) is 2.57. The number of H-pyrrole nitrogens is 1. The first kappa shape index (κ1) is 21.0. The number of carbonyl (C=O) groups is 1. The predicted molar refractivity (Wildman–Crippen MR) is 122 cm³/mol. The number of aryl methyl sites for hydroxylation is 1. The molecule has 1 amide bonds. The highest BCUT2D eigenvalue weighted by Crippen LogP contribution is 2.32. The minimum absolute atomic E-state index is 0.250. The van der Waals surface area contributed by atoms with Gasteiger partial charge in [0.05, 0.1) is 5.02 Å². The third kappa shape index (κ3) is 4.44. The van der Waals surface area contributed by atoms with Crippen LogP contribution >= 0.6 is 11.6 Å². The number of rotatable bonds is 7. The van der Waals surface area contributed by atoms with Crippen LogP contribution in [0, 0.1) is 0 Å². The van der Waals surface area contributed by atoms with Gasteiger partial charge >= 0.3 is 5.63 Å². The fraction of sp³-hybridized carbons (Fsp3) is 0.250. The Labute approximate surface area is 184 Å². The average Bonchev–Trinajstić information content (AvgIpc) is 3.17. The van der Waals surface area contributed by atoms with E-state index in [0.717, 1.165) is 27.4 Å². The smallest absolute Gasteiger partial charge is 0.336 e. The summed E-state index contributed by atoms with van der Waals surface area (Å²) in [5, 5.41) is 5.16. The van der Waals surface area contributed by atoms with E-state index in [2.05, 4.69) is 16.4 Å². The Morgan fingerprint density at radius 1 is 1.19 bits per heavy atom. The minimum atomic E-state index is -0.765. The molecule has 1 atom stereocenters. The Morgan fingerprint density at radius 3 is 2.81 bits per heavy atom. The van der Waals surface area contributed by atoms with Gasteiger partial charge in [0.25, 0.3) is 5.91 Å². The zero-order valence-electron chi connectivity index (χ0n) is 17.3. The molecule has 0 saturated carbocycles. The summed E-state index contributed by atoms with van der Waals surface area (Å²) in [5.74, 6) is 0.0459. The molecular weight excluding hydrogens is 416 g/mol. The number of fused-ring (bicyclic) bond motifs is 2. The molecule has 0 aliphatic heterocycles. The third-order valence-electron chi connectivity index (χ3n) is 5.31. The Hall–Kier alpha value is -3.25. The van der Waals surface area contributed by atoms with Crippen LogP contribution < -0.4 is 15.7 Å². The summed E-state index contributed by atoms with van der Waals surface area (Å²) in [5.41, 5.74) is 3.02. The molecule has 2 heterocycles. The molecule has 160 valence electrons. The van der Waals surface area contributed by atoms with Crippen LogP contribution in [0.3, 0.4) is 0 Å². The largest absolute Gasteiger partial charge is 0.479 e. The van der Waals surface area contributed by atoms with Crippen molar-refractivity contribution < 1.29 is 13.9 Å². The molecule has 0 fully saturated rings. The van der Waals surface area contributed by atoms with E-state index in [1.165, 1.54) is 6.07 Å². The van der Waals surface area contributed by atoms with Gasteiger partial charge in [-0.15, -0.1) is 0 Å². The molecule has 0 saturated heterocycles. The molecule has 0 aliphatic carbocycles. The van der Waals surface area contributed by atoms with Gasteiger partial charge in [0.2, 0.25) is 0 Å². The fourth-order valence-electron chi connectivity index (χ4n) is 3.66. The highest BCUT2D eigenvalue weighted by Gasteiger charge is 2.18. The summed E-state index contributed by atoms with van der Waals surface area (Å²) in [6.45, 7) is 4.09. The average molecular weight is 439 g/mol. The molecule has 4 rings (SSSR count). The molecule has 7 heteroatoms. The summed E-state index contributed by atoms with van der Waals surface area (Å²) >= 11 is 6.37. The minimum Gasteiger partial charge on any atom is -0.479 e. The second-order valence-electron chi connectivity index (χ2n) is 7.38. The van der Waals surface area contributed by atoms with Crippen LogP contribution in [0.25, 0.3) is 21.9 Å². The zero-order valence-corrected chi connectivity index (χ0v) is 18.1. The number of amides is 1. The molecule has 2 aromatic heterocycles. The van der Waals surface area contributed by atoms with Crippen LogP contribution in [0.2, 0.25) is 5.02 Å². The predicted octanol–water partition coefficient (Wildman–Crippen LogP) is 4.62. The van der Waals surface area contributed by atoms with E-state index in [1.54, 1.807) is 19.1 Å². The molecular formula is C24H23ClN2O4. The van der Waals surface area contributed by atoms with Gasteiger partial charge in [0.1, 0.15) is 11.3 Å². The second kappa shape index (κ2) is 8.86. The van der Waals surface area contributed by atoms with Crippen molar-refractivity contribution in [1.82, 2.24) is 10.3 Å². The number of para-hydroxylation sites is 1. The number of hydrogen-bond donors (Lipinski definition) is 2. The number of ether oxygens (including phenoxy) is 1. The Bertz CT molecular complexity index is 1310. The van der Waals surface area contributed by atoms with E-state index in [4.69, 9.17) is 20.8 Å². The number of nitrogens with one attached hydrogen (secondary N) is 2. The fourth-order valence-corrected chi connectivity index (χ4v) is 3.87. The van der Waals surface area contributed by atoms with Crippen molar-refractivity contribution >= 4 is 39.4 Å². The quantitative estimate of drug-likeness (QED) is 0.412. The van der Waals surface area contributed by atoms with Crippen LogP contribution in [-0.4, -0.2) is 23.5 Å². The molecule has 0 spiro atoms. The maximum atomic E-state index is 12.5. The molecule has 0 radical (unpaired) electrons. The standard InChI is InChI=1S/C24H23ClN2O4/c1-3-15-10-23(28)31-21-12-22(19(25)11-18(15)21)30-14(2)24(29)26-9-8-16-13-27-20-7-5-4-6-17(16)20/h4-7,10-14,27H,3,8-9H2,1-2H3,(H,26,29)/t14-/m0/s1. The Morgan fingerprint density at radius 2 is 2.00 bits per heavy atom. The van der Waals surface area contributed by atoms with Gasteiger partial charge in [-0.25, -0.2) is 4.79 Å². The van der Waals surface area contributed by atoms with Gasteiger partial charge in [-0.2, -0.15) is 0 Å². The van der Waals surface area contributed by atoms with Gasteiger partial charge in [-0.1, -0.05) is 36.7 Å². The topological polar surface area (TPSA) is 84.3 Å². The Kier molecular flexibility index (Phi) is 6.00. The van der Waals surface area contributed by atoms with Crippen LogP contribution in [0.1, 0.15) is 25.0 Å². The molecule has 4 aromatic rings. The number of benzene rings is 2. The zero-order chi connectivity index (χ0) is 22.0. The number of aromatic amines is 1. The summed E-state index contributed by atoms with van der Waals surface area (Å²) in [7, 11) is 0. The molecule has 0 unspecified atom stereocenters. The van der Waals surface area contributed by atoms with Crippen LogP contribution in [-0.2, 0) is 17.6 Å². The van der Waals surface area contributed by atoms with E-state index in [1.807, 2.05) is 31.3 Å². The van der Waals surface area contributed by atoms with E-state index >= 15 is 0 Å². The molecule has 2 N–H and O–H groups in total. The molecule has 31 heavy (non-hydrogen) atoms. The lowest BCUT2D eigenvalue weighted by Crippen LogP contribution is -2.37. The second-order valence-corrected chi connectivity index (χ2v) is 7.79. The van der Waals surface area contributed by atoms with Gasteiger partial charge in [-0.05, 0) is 43.0 Å². The third-order valence-corrected chi connectivity index (χ3v) is 5.60. The Balaban J connectivity index is 1.42. The SMILES string of the molecule is CCc1cc(=O)oc2cc(O[C@@H](C)C(=O)NCCc3c[nH]c4ccccc34)c(Cl)cc12. The highest BCUT2D eigenvalue weighted by molar-refractivity contribution is 6.32. The number of carbonyl (C=O) groups excluding carboxylic acids is 1. The van der Waals surface area contributed by atoms with Crippen molar-refractivity contribution in [1.29, 1.82) is 0 Å². The van der Waals surface area contributed by atoms with Crippen molar-refractivity contribution in [2.24, 2.45) is 0 Å². The number of aromatic nitrogens is 1. The molecule has 0 bridgehead atoms. The van der Waals surface area contributed by atoms with Crippen molar-refractivity contribution in [3.63, 3.8) is 0 Å². The van der Waals surface area contributed by atoms with Crippen molar-refractivity contribution in [2.45, 2.75) is 32.8 Å². The van der Waals surface area contributed by atoms with Crippen molar-refractivity contribution in [3.8, 4) is 5.75 Å². The monoisotopic (exact) mass is 438 g/mol. The molecule has 0 aliphatic rings. The summed E-state index contributed by atoms with van der Waals surface area (Å²) < 4.78 is 11.1. The van der Waals surface area contributed by atoms with Crippen molar-refractivity contribution in [3.05, 3.63) is 75.2 Å².